The maximum atomic E-state index is 12.4. The number of hydrogen-bond donors (Lipinski definition) is 0. The van der Waals surface area contributed by atoms with Crippen molar-refractivity contribution in [2.75, 3.05) is 7.05 Å². The molecule has 0 saturated heterocycles. The Morgan fingerprint density at radius 1 is 1.05 bits per heavy atom. The third-order valence-corrected chi connectivity index (χ3v) is 5.38. The van der Waals surface area contributed by atoms with Crippen LogP contribution in [0.15, 0.2) is 60.0 Å². The van der Waals surface area contributed by atoms with Gasteiger partial charge in [-0.3, -0.25) is 0 Å². The topological polar surface area (TPSA) is 37.4 Å². The average Bonchev–Trinajstić information content (AvgIpc) is 2.54. The van der Waals surface area contributed by atoms with Crippen molar-refractivity contribution in [3.63, 3.8) is 0 Å². The molecule has 0 aliphatic carbocycles. The first kappa shape index (κ1) is 16.7. The molecule has 0 amide bonds. The molecule has 1 atom stereocenters. The van der Waals surface area contributed by atoms with E-state index in [0.29, 0.717) is 5.02 Å². The molecule has 0 aliphatic heterocycles. The lowest BCUT2D eigenvalue weighted by Gasteiger charge is -2.23. The van der Waals surface area contributed by atoms with Crippen molar-refractivity contribution >= 4 is 27.7 Å². The first-order chi connectivity index (χ1) is 10.4. The van der Waals surface area contributed by atoms with E-state index in [2.05, 4.69) is 0 Å². The van der Waals surface area contributed by atoms with Crippen LogP contribution >= 0.6 is 11.6 Å². The second-order valence-corrected chi connectivity index (χ2v) is 7.32. The molecular formula is C17H18ClNO2S. The summed E-state index contributed by atoms with van der Waals surface area (Å²) in [6, 6.07) is 16.3. The predicted octanol–water partition coefficient (Wildman–Crippen LogP) is 4.33. The Morgan fingerprint density at radius 3 is 2.23 bits per heavy atom. The molecule has 0 aromatic heterocycles. The smallest absolute Gasteiger partial charge is 0.207 e. The third kappa shape index (κ3) is 4.19. The van der Waals surface area contributed by atoms with Crippen molar-refractivity contribution in [3.8, 4) is 0 Å². The van der Waals surface area contributed by atoms with E-state index < -0.39 is 10.0 Å². The number of sulfonamides is 1. The molecule has 2 rings (SSSR count). The molecule has 116 valence electrons. The van der Waals surface area contributed by atoms with E-state index in [-0.39, 0.29) is 6.04 Å². The molecule has 0 heterocycles. The Bertz CT molecular complexity index is 740. The monoisotopic (exact) mass is 335 g/mol. The van der Waals surface area contributed by atoms with Crippen LogP contribution in [-0.4, -0.2) is 19.8 Å². The normalized spacial score (nSPS) is 13.6. The van der Waals surface area contributed by atoms with Gasteiger partial charge in [0.15, 0.2) is 0 Å². The van der Waals surface area contributed by atoms with Crippen LogP contribution in [0, 0.1) is 0 Å². The Hall–Kier alpha value is -1.62. The van der Waals surface area contributed by atoms with Crippen LogP contribution in [0.4, 0.5) is 0 Å². The molecule has 0 bridgehead atoms. The molecule has 0 saturated carbocycles. The lowest BCUT2D eigenvalue weighted by atomic mass is 10.1. The van der Waals surface area contributed by atoms with E-state index in [9.17, 15) is 8.42 Å². The Balaban J connectivity index is 2.17. The molecule has 5 heteroatoms. The molecule has 2 aromatic carbocycles. The van der Waals surface area contributed by atoms with Gasteiger partial charge in [-0.05, 0) is 36.3 Å². The predicted molar refractivity (Wildman–Crippen MR) is 92.0 cm³/mol. The van der Waals surface area contributed by atoms with Gasteiger partial charge >= 0.3 is 0 Å². The summed E-state index contributed by atoms with van der Waals surface area (Å²) in [5, 5.41) is 1.84. The molecule has 0 N–H and O–H groups in total. The van der Waals surface area contributed by atoms with Crippen LogP contribution in [0.2, 0.25) is 5.02 Å². The SMILES string of the molecule is CC(c1ccccc1)N(C)S(=O)(=O)C=Cc1ccc(Cl)cc1. The van der Waals surface area contributed by atoms with Crippen molar-refractivity contribution in [1.82, 2.24) is 4.31 Å². The van der Waals surface area contributed by atoms with Gasteiger partial charge in [-0.25, -0.2) is 8.42 Å². The van der Waals surface area contributed by atoms with Crippen LogP contribution in [0.3, 0.4) is 0 Å². The van der Waals surface area contributed by atoms with Gasteiger partial charge < -0.3 is 0 Å². The van der Waals surface area contributed by atoms with E-state index in [1.54, 1.807) is 37.4 Å². The highest BCUT2D eigenvalue weighted by Gasteiger charge is 2.21. The number of nitrogens with zero attached hydrogens (tertiary/aromatic N) is 1. The fourth-order valence-corrected chi connectivity index (χ4v) is 3.21. The standard InChI is InChI=1S/C17H18ClNO2S/c1-14(16-6-4-3-5-7-16)19(2)22(20,21)13-12-15-8-10-17(18)11-9-15/h3-14H,1-2H3. The Morgan fingerprint density at radius 2 is 1.64 bits per heavy atom. The maximum absolute atomic E-state index is 12.4. The minimum absolute atomic E-state index is 0.235. The van der Waals surface area contributed by atoms with Gasteiger partial charge in [0, 0.05) is 23.5 Å². The average molecular weight is 336 g/mol. The highest BCUT2D eigenvalue weighted by atomic mass is 35.5. The Kier molecular flexibility index (Phi) is 5.40. The molecule has 0 aliphatic rings. The molecule has 3 nitrogen and oxygen atoms in total. The first-order valence-corrected chi connectivity index (χ1v) is 8.75. The zero-order valence-electron chi connectivity index (χ0n) is 12.5. The summed E-state index contributed by atoms with van der Waals surface area (Å²) in [5.41, 5.74) is 1.74. The largest absolute Gasteiger partial charge is 0.236 e. The van der Waals surface area contributed by atoms with E-state index in [1.165, 1.54) is 9.71 Å². The van der Waals surface area contributed by atoms with Crippen molar-refractivity contribution < 1.29 is 8.42 Å². The van der Waals surface area contributed by atoms with Gasteiger partial charge in [0.05, 0.1) is 0 Å². The van der Waals surface area contributed by atoms with Crippen LogP contribution < -0.4 is 0 Å². The number of hydrogen-bond acceptors (Lipinski definition) is 2. The summed E-state index contributed by atoms with van der Waals surface area (Å²) in [5.74, 6) is 0. The zero-order valence-corrected chi connectivity index (χ0v) is 14.1. The maximum Gasteiger partial charge on any atom is 0.236 e. The molecule has 22 heavy (non-hydrogen) atoms. The van der Waals surface area contributed by atoms with E-state index in [0.717, 1.165) is 11.1 Å². The first-order valence-electron chi connectivity index (χ1n) is 6.87. The number of halogens is 1. The molecule has 0 fully saturated rings. The fourth-order valence-electron chi connectivity index (χ4n) is 2.00. The second kappa shape index (κ2) is 7.09. The van der Waals surface area contributed by atoms with Crippen LogP contribution in [0.25, 0.3) is 6.08 Å². The quantitative estimate of drug-likeness (QED) is 0.815. The minimum Gasteiger partial charge on any atom is -0.207 e. The van der Waals surface area contributed by atoms with E-state index in [4.69, 9.17) is 11.6 Å². The zero-order chi connectivity index (χ0) is 16.2. The van der Waals surface area contributed by atoms with Crippen LogP contribution in [-0.2, 0) is 10.0 Å². The number of benzene rings is 2. The molecule has 1 unspecified atom stereocenters. The summed E-state index contributed by atoms with van der Waals surface area (Å²) in [7, 11) is -1.91. The van der Waals surface area contributed by atoms with Gasteiger partial charge in [-0.15, -0.1) is 0 Å². The highest BCUT2D eigenvalue weighted by Crippen LogP contribution is 2.22. The summed E-state index contributed by atoms with van der Waals surface area (Å²) >= 11 is 5.81. The van der Waals surface area contributed by atoms with Gasteiger partial charge in [-0.1, -0.05) is 54.1 Å². The molecule has 0 spiro atoms. The summed E-state index contributed by atoms with van der Waals surface area (Å²) in [4.78, 5) is 0. The Labute approximate surface area is 136 Å². The molecule has 2 aromatic rings. The minimum atomic E-state index is -3.50. The molecule has 0 radical (unpaired) electrons. The van der Waals surface area contributed by atoms with Gasteiger partial charge in [0.25, 0.3) is 0 Å². The van der Waals surface area contributed by atoms with Crippen molar-refractivity contribution in [3.05, 3.63) is 76.2 Å². The van der Waals surface area contributed by atoms with Gasteiger partial charge in [0.2, 0.25) is 10.0 Å². The van der Waals surface area contributed by atoms with Gasteiger partial charge in [0.1, 0.15) is 0 Å². The highest BCUT2D eigenvalue weighted by molar-refractivity contribution is 7.92. The summed E-state index contributed by atoms with van der Waals surface area (Å²) in [6.45, 7) is 1.86. The molecular weight excluding hydrogens is 318 g/mol. The summed E-state index contributed by atoms with van der Waals surface area (Å²) in [6.07, 6.45) is 1.57. The van der Waals surface area contributed by atoms with Gasteiger partial charge in [-0.2, -0.15) is 4.31 Å². The van der Waals surface area contributed by atoms with Crippen LogP contribution in [0.1, 0.15) is 24.1 Å². The van der Waals surface area contributed by atoms with E-state index in [1.807, 2.05) is 37.3 Å². The third-order valence-electron chi connectivity index (χ3n) is 3.53. The lowest BCUT2D eigenvalue weighted by Crippen LogP contribution is -2.27. The van der Waals surface area contributed by atoms with Crippen molar-refractivity contribution in [2.45, 2.75) is 13.0 Å². The second-order valence-electron chi connectivity index (χ2n) is 5.00. The fraction of sp³-hybridized carbons (Fsp3) is 0.176. The number of rotatable bonds is 5. The lowest BCUT2D eigenvalue weighted by molar-refractivity contribution is 0.404. The van der Waals surface area contributed by atoms with E-state index >= 15 is 0 Å². The summed E-state index contributed by atoms with van der Waals surface area (Å²) < 4.78 is 26.2. The van der Waals surface area contributed by atoms with Crippen molar-refractivity contribution in [2.24, 2.45) is 0 Å². The van der Waals surface area contributed by atoms with Crippen molar-refractivity contribution in [1.29, 1.82) is 0 Å². The van der Waals surface area contributed by atoms with Crippen LogP contribution in [0.5, 0.6) is 0 Å².